The molecule has 2 aromatic carbocycles. The Kier molecular flexibility index (Phi) is 4.80. The van der Waals surface area contributed by atoms with Crippen LogP contribution in [-0.2, 0) is 12.8 Å². The third kappa shape index (κ3) is 3.42. The Balaban J connectivity index is 1.61. The summed E-state index contributed by atoms with van der Waals surface area (Å²) >= 11 is 1.69. The minimum Gasteiger partial charge on any atom is -0.339 e. The standard InChI is InChI=1S/C25H25N3S/c1-16(2)20-9-5-6-10-22(20)28-24-23-21(14-29-25(23)27-15-26-24)19-12-11-17-7-3-4-8-18(17)13-19/h5-6,9-16H,3-4,7-8H2,1-2H3,(H,26,27,28). The summed E-state index contributed by atoms with van der Waals surface area (Å²) in [5.41, 5.74) is 7.93. The van der Waals surface area contributed by atoms with Gasteiger partial charge in [0.1, 0.15) is 17.0 Å². The smallest absolute Gasteiger partial charge is 0.143 e. The van der Waals surface area contributed by atoms with Crippen LogP contribution in [0.4, 0.5) is 11.5 Å². The van der Waals surface area contributed by atoms with Crippen LogP contribution in [0.3, 0.4) is 0 Å². The summed E-state index contributed by atoms with van der Waals surface area (Å²) in [5.74, 6) is 1.33. The van der Waals surface area contributed by atoms with E-state index in [9.17, 15) is 0 Å². The second-order valence-electron chi connectivity index (χ2n) is 8.11. The fourth-order valence-corrected chi connectivity index (χ4v) is 5.24. The Morgan fingerprint density at radius 2 is 1.79 bits per heavy atom. The van der Waals surface area contributed by atoms with Crippen molar-refractivity contribution >= 4 is 33.1 Å². The van der Waals surface area contributed by atoms with E-state index in [0.29, 0.717) is 5.92 Å². The SMILES string of the molecule is CC(C)c1ccccc1Nc1ncnc2scc(-c3ccc4c(c3)CCCC4)c12. The summed E-state index contributed by atoms with van der Waals surface area (Å²) < 4.78 is 0. The zero-order valence-corrected chi connectivity index (χ0v) is 17.7. The summed E-state index contributed by atoms with van der Waals surface area (Å²) in [6, 6.07) is 15.5. The van der Waals surface area contributed by atoms with Gasteiger partial charge in [0.05, 0.1) is 5.39 Å². The molecule has 0 unspecified atom stereocenters. The highest BCUT2D eigenvalue weighted by Gasteiger charge is 2.17. The van der Waals surface area contributed by atoms with Gasteiger partial charge in [-0.1, -0.05) is 50.2 Å². The van der Waals surface area contributed by atoms with E-state index in [1.807, 2.05) is 0 Å². The summed E-state index contributed by atoms with van der Waals surface area (Å²) in [7, 11) is 0. The molecule has 0 saturated carbocycles. The maximum absolute atomic E-state index is 4.63. The van der Waals surface area contributed by atoms with E-state index in [1.54, 1.807) is 17.7 Å². The van der Waals surface area contributed by atoms with E-state index < -0.39 is 0 Å². The molecule has 2 aromatic heterocycles. The van der Waals surface area contributed by atoms with Crippen molar-refractivity contribution in [2.45, 2.75) is 45.4 Å². The number of rotatable bonds is 4. The van der Waals surface area contributed by atoms with Gasteiger partial charge in [0, 0.05) is 16.6 Å². The maximum Gasteiger partial charge on any atom is 0.143 e. The summed E-state index contributed by atoms with van der Waals surface area (Å²) in [5, 5.41) is 6.95. The molecule has 0 atom stereocenters. The Bertz CT molecular complexity index is 1180. The van der Waals surface area contributed by atoms with Crippen LogP contribution < -0.4 is 5.32 Å². The van der Waals surface area contributed by atoms with Gasteiger partial charge in [-0.15, -0.1) is 11.3 Å². The van der Waals surface area contributed by atoms with Gasteiger partial charge in [-0.05, 0) is 59.9 Å². The Labute approximate surface area is 175 Å². The highest BCUT2D eigenvalue weighted by molar-refractivity contribution is 7.17. The van der Waals surface area contributed by atoms with Gasteiger partial charge in [0.2, 0.25) is 0 Å². The van der Waals surface area contributed by atoms with E-state index in [1.165, 1.54) is 53.5 Å². The van der Waals surface area contributed by atoms with Crippen molar-refractivity contribution in [2.75, 3.05) is 5.32 Å². The van der Waals surface area contributed by atoms with E-state index in [4.69, 9.17) is 0 Å². The first-order chi connectivity index (χ1) is 14.2. The molecule has 4 aromatic rings. The fourth-order valence-electron chi connectivity index (χ4n) is 4.33. The van der Waals surface area contributed by atoms with Gasteiger partial charge < -0.3 is 5.32 Å². The van der Waals surface area contributed by atoms with Crippen LogP contribution in [0.15, 0.2) is 54.2 Å². The van der Waals surface area contributed by atoms with E-state index in [-0.39, 0.29) is 0 Å². The number of para-hydroxylation sites is 1. The van der Waals surface area contributed by atoms with E-state index in [0.717, 1.165) is 21.7 Å². The maximum atomic E-state index is 4.63. The molecule has 0 amide bonds. The molecule has 0 radical (unpaired) electrons. The van der Waals surface area contributed by atoms with Gasteiger partial charge in [-0.2, -0.15) is 0 Å². The molecule has 0 bridgehead atoms. The number of fused-ring (bicyclic) bond motifs is 2. The quantitative estimate of drug-likeness (QED) is 0.397. The molecule has 0 aliphatic heterocycles. The summed E-state index contributed by atoms with van der Waals surface area (Å²) in [6.45, 7) is 4.44. The number of benzene rings is 2. The highest BCUT2D eigenvalue weighted by atomic mass is 32.1. The summed E-state index contributed by atoms with van der Waals surface area (Å²) in [4.78, 5) is 10.2. The van der Waals surface area contributed by atoms with Crippen molar-refractivity contribution in [3.8, 4) is 11.1 Å². The number of aromatic nitrogens is 2. The molecule has 5 rings (SSSR count). The van der Waals surface area contributed by atoms with Gasteiger partial charge in [0.25, 0.3) is 0 Å². The van der Waals surface area contributed by atoms with Crippen LogP contribution in [-0.4, -0.2) is 9.97 Å². The van der Waals surface area contributed by atoms with E-state index in [2.05, 4.69) is 77.0 Å². The largest absolute Gasteiger partial charge is 0.339 e. The molecule has 1 aliphatic carbocycles. The van der Waals surface area contributed by atoms with Crippen molar-refractivity contribution in [2.24, 2.45) is 0 Å². The Hall–Kier alpha value is -2.72. The number of anilines is 2. The molecule has 146 valence electrons. The minimum atomic E-state index is 0.443. The first-order valence-electron chi connectivity index (χ1n) is 10.4. The minimum absolute atomic E-state index is 0.443. The van der Waals surface area contributed by atoms with Crippen molar-refractivity contribution in [1.29, 1.82) is 0 Å². The third-order valence-corrected chi connectivity index (χ3v) is 6.75. The molecule has 29 heavy (non-hydrogen) atoms. The Morgan fingerprint density at radius 3 is 2.66 bits per heavy atom. The first kappa shape index (κ1) is 18.3. The lowest BCUT2D eigenvalue weighted by Crippen LogP contribution is -2.02. The number of hydrogen-bond acceptors (Lipinski definition) is 4. The monoisotopic (exact) mass is 399 g/mol. The lowest BCUT2D eigenvalue weighted by molar-refractivity contribution is 0.686. The van der Waals surface area contributed by atoms with Crippen molar-refractivity contribution in [3.05, 3.63) is 70.9 Å². The lowest BCUT2D eigenvalue weighted by atomic mass is 9.89. The molecule has 4 heteroatoms. The average molecular weight is 400 g/mol. The first-order valence-corrected chi connectivity index (χ1v) is 11.3. The van der Waals surface area contributed by atoms with Gasteiger partial charge in [-0.25, -0.2) is 9.97 Å². The topological polar surface area (TPSA) is 37.8 Å². The zero-order valence-electron chi connectivity index (χ0n) is 16.9. The third-order valence-electron chi connectivity index (χ3n) is 5.87. The van der Waals surface area contributed by atoms with Crippen LogP contribution >= 0.6 is 11.3 Å². The number of nitrogens with one attached hydrogen (secondary N) is 1. The van der Waals surface area contributed by atoms with Gasteiger partial charge in [-0.3, -0.25) is 0 Å². The molecule has 3 nitrogen and oxygen atoms in total. The van der Waals surface area contributed by atoms with Crippen LogP contribution in [0, 0.1) is 0 Å². The predicted octanol–water partition coefficient (Wildman–Crippen LogP) is 7.10. The molecule has 1 N–H and O–H groups in total. The van der Waals surface area contributed by atoms with Crippen LogP contribution in [0.25, 0.3) is 21.3 Å². The highest BCUT2D eigenvalue weighted by Crippen LogP contribution is 2.39. The van der Waals surface area contributed by atoms with Crippen molar-refractivity contribution in [1.82, 2.24) is 9.97 Å². The Morgan fingerprint density at radius 1 is 0.966 bits per heavy atom. The number of aryl methyl sites for hydroxylation is 2. The zero-order chi connectivity index (χ0) is 19.8. The van der Waals surface area contributed by atoms with Crippen LogP contribution in [0.1, 0.15) is 49.3 Å². The van der Waals surface area contributed by atoms with Gasteiger partial charge >= 0.3 is 0 Å². The summed E-state index contributed by atoms with van der Waals surface area (Å²) in [6.07, 6.45) is 6.67. The van der Waals surface area contributed by atoms with Crippen LogP contribution in [0.2, 0.25) is 0 Å². The van der Waals surface area contributed by atoms with Gasteiger partial charge in [0.15, 0.2) is 0 Å². The van der Waals surface area contributed by atoms with Crippen molar-refractivity contribution < 1.29 is 0 Å². The lowest BCUT2D eigenvalue weighted by Gasteiger charge is -2.17. The fraction of sp³-hybridized carbons (Fsp3) is 0.280. The number of thiophene rings is 1. The van der Waals surface area contributed by atoms with Crippen molar-refractivity contribution in [3.63, 3.8) is 0 Å². The number of hydrogen-bond donors (Lipinski definition) is 1. The molecule has 0 fully saturated rings. The molecule has 0 saturated heterocycles. The molecule has 1 aliphatic rings. The molecular weight excluding hydrogens is 374 g/mol. The molecule has 2 heterocycles. The van der Waals surface area contributed by atoms with E-state index >= 15 is 0 Å². The predicted molar refractivity (Wildman–Crippen MR) is 123 cm³/mol. The average Bonchev–Trinajstić information content (AvgIpc) is 3.19. The normalized spacial score (nSPS) is 13.6. The second-order valence-corrected chi connectivity index (χ2v) is 8.97. The molecular formula is C25H25N3S. The molecule has 0 spiro atoms. The van der Waals surface area contributed by atoms with Crippen LogP contribution in [0.5, 0.6) is 0 Å². The second kappa shape index (κ2) is 7.60. The number of nitrogens with zero attached hydrogens (tertiary/aromatic N) is 2.